The molecule has 0 saturated carbocycles. The summed E-state index contributed by atoms with van der Waals surface area (Å²) in [5.74, 6) is 0.948. The third-order valence-electron chi connectivity index (χ3n) is 4.69. The molecule has 1 unspecified atom stereocenters. The van der Waals surface area contributed by atoms with Gasteiger partial charge in [-0.25, -0.2) is 4.99 Å². The number of fused-ring (bicyclic) bond motifs is 1. The molecule has 0 radical (unpaired) electrons. The zero-order valence-electron chi connectivity index (χ0n) is 15.4. The lowest BCUT2D eigenvalue weighted by molar-refractivity contribution is 0.192. The maximum Gasteiger partial charge on any atom is 0.193 e. The van der Waals surface area contributed by atoms with Crippen molar-refractivity contribution in [3.63, 3.8) is 0 Å². The minimum absolute atomic E-state index is 0.481. The first kappa shape index (κ1) is 18.0. The van der Waals surface area contributed by atoms with E-state index in [1.807, 2.05) is 31.5 Å². The van der Waals surface area contributed by atoms with Crippen molar-refractivity contribution in [2.75, 3.05) is 27.2 Å². The summed E-state index contributed by atoms with van der Waals surface area (Å²) in [6.07, 6.45) is 1.18. The summed E-state index contributed by atoms with van der Waals surface area (Å²) >= 11 is 1.90. The van der Waals surface area contributed by atoms with Crippen LogP contribution < -0.4 is 5.32 Å². The van der Waals surface area contributed by atoms with Crippen LogP contribution in [0.4, 0.5) is 0 Å². The van der Waals surface area contributed by atoms with Crippen LogP contribution in [0.25, 0.3) is 0 Å². The lowest BCUT2D eigenvalue weighted by atomic mass is 10.1. The molecular formula is C20H28N4S. The van der Waals surface area contributed by atoms with Gasteiger partial charge >= 0.3 is 0 Å². The van der Waals surface area contributed by atoms with E-state index in [-0.39, 0.29) is 0 Å². The molecule has 2 aromatic rings. The first-order chi connectivity index (χ1) is 12.1. The number of nitrogens with one attached hydrogen (secondary N) is 1. The molecule has 1 aliphatic rings. The summed E-state index contributed by atoms with van der Waals surface area (Å²) < 4.78 is 0. The normalized spacial score (nSPS) is 16.4. The van der Waals surface area contributed by atoms with Crippen molar-refractivity contribution >= 4 is 17.3 Å². The zero-order valence-corrected chi connectivity index (χ0v) is 16.2. The molecule has 25 heavy (non-hydrogen) atoms. The predicted octanol–water partition coefficient (Wildman–Crippen LogP) is 3.20. The van der Waals surface area contributed by atoms with Crippen molar-refractivity contribution in [3.8, 4) is 0 Å². The fourth-order valence-electron chi connectivity index (χ4n) is 3.12. The van der Waals surface area contributed by atoms with Gasteiger partial charge in [0.25, 0.3) is 0 Å². The summed E-state index contributed by atoms with van der Waals surface area (Å²) in [5.41, 5.74) is 2.74. The van der Waals surface area contributed by atoms with E-state index in [1.54, 1.807) is 4.88 Å². The van der Waals surface area contributed by atoms with Gasteiger partial charge in [-0.05, 0) is 35.9 Å². The topological polar surface area (TPSA) is 30.9 Å². The molecule has 4 nitrogen and oxygen atoms in total. The predicted molar refractivity (Wildman–Crippen MR) is 107 cm³/mol. The molecule has 0 fully saturated rings. The van der Waals surface area contributed by atoms with Crippen molar-refractivity contribution in [3.05, 3.63) is 57.8 Å². The molecule has 0 amide bonds. The Hall–Kier alpha value is -1.85. The maximum absolute atomic E-state index is 4.75. The molecule has 0 saturated heterocycles. The lowest BCUT2D eigenvalue weighted by Gasteiger charge is -2.33. The molecule has 0 bridgehead atoms. The summed E-state index contributed by atoms with van der Waals surface area (Å²) in [6.45, 7) is 6.13. The first-order valence-electron chi connectivity index (χ1n) is 8.92. The average molecular weight is 357 g/mol. The summed E-state index contributed by atoms with van der Waals surface area (Å²) in [5, 5.41) is 5.76. The van der Waals surface area contributed by atoms with Crippen LogP contribution in [0.3, 0.4) is 0 Å². The highest BCUT2D eigenvalue weighted by Crippen LogP contribution is 2.24. The van der Waals surface area contributed by atoms with Crippen molar-refractivity contribution in [2.24, 2.45) is 4.99 Å². The van der Waals surface area contributed by atoms with Gasteiger partial charge in [0.2, 0.25) is 0 Å². The fourth-order valence-corrected chi connectivity index (χ4v) is 4.01. The molecule has 1 aromatic carbocycles. The van der Waals surface area contributed by atoms with E-state index < -0.39 is 0 Å². The van der Waals surface area contributed by atoms with Gasteiger partial charge in [0.15, 0.2) is 5.96 Å². The Bertz CT molecular complexity index is 693. The van der Waals surface area contributed by atoms with Crippen molar-refractivity contribution in [1.82, 2.24) is 15.1 Å². The van der Waals surface area contributed by atoms with Gasteiger partial charge in [-0.1, -0.05) is 30.3 Å². The van der Waals surface area contributed by atoms with Crippen molar-refractivity contribution in [2.45, 2.75) is 32.5 Å². The van der Waals surface area contributed by atoms with Gasteiger partial charge in [0.05, 0.1) is 6.54 Å². The van der Waals surface area contributed by atoms with Gasteiger partial charge in [-0.2, -0.15) is 0 Å². The number of hydrogen-bond donors (Lipinski definition) is 1. The SMILES string of the molecule is CC(CNC(=NCc1ccccc1)N(C)C)N1CCc2sccc2C1. The van der Waals surface area contributed by atoms with Gasteiger partial charge in [-0.3, -0.25) is 4.90 Å². The van der Waals surface area contributed by atoms with Crippen LogP contribution >= 0.6 is 11.3 Å². The van der Waals surface area contributed by atoms with Gasteiger partial charge < -0.3 is 10.2 Å². The van der Waals surface area contributed by atoms with Crippen LogP contribution in [-0.4, -0.2) is 49.0 Å². The summed E-state index contributed by atoms with van der Waals surface area (Å²) in [4.78, 5) is 10.9. The Morgan fingerprint density at radius 1 is 1.28 bits per heavy atom. The van der Waals surface area contributed by atoms with Crippen LogP contribution in [0.15, 0.2) is 46.8 Å². The second kappa shape index (κ2) is 8.50. The Morgan fingerprint density at radius 2 is 2.08 bits per heavy atom. The minimum Gasteiger partial charge on any atom is -0.355 e. The van der Waals surface area contributed by atoms with Crippen molar-refractivity contribution < 1.29 is 0 Å². The largest absolute Gasteiger partial charge is 0.355 e. The van der Waals surface area contributed by atoms with Crippen LogP contribution in [0.2, 0.25) is 0 Å². The van der Waals surface area contributed by atoms with Crippen LogP contribution in [0, 0.1) is 0 Å². The van der Waals surface area contributed by atoms with E-state index in [0.717, 1.165) is 25.6 Å². The molecular weight excluding hydrogens is 328 g/mol. The van der Waals surface area contributed by atoms with Crippen molar-refractivity contribution in [1.29, 1.82) is 0 Å². The van der Waals surface area contributed by atoms with Gasteiger partial charge in [-0.15, -0.1) is 11.3 Å². The number of nitrogens with zero attached hydrogens (tertiary/aromatic N) is 3. The second-order valence-electron chi connectivity index (χ2n) is 6.84. The molecule has 3 rings (SSSR count). The Morgan fingerprint density at radius 3 is 2.84 bits per heavy atom. The molecule has 1 atom stereocenters. The highest BCUT2D eigenvalue weighted by molar-refractivity contribution is 7.10. The monoisotopic (exact) mass is 356 g/mol. The van der Waals surface area contributed by atoms with Gasteiger partial charge in [0.1, 0.15) is 0 Å². The first-order valence-corrected chi connectivity index (χ1v) is 9.80. The number of benzene rings is 1. The third-order valence-corrected chi connectivity index (χ3v) is 5.72. The van der Waals surface area contributed by atoms with E-state index in [0.29, 0.717) is 12.6 Å². The smallest absolute Gasteiger partial charge is 0.193 e. The molecule has 1 aromatic heterocycles. The fraction of sp³-hybridized carbons (Fsp3) is 0.450. The highest BCUT2D eigenvalue weighted by Gasteiger charge is 2.21. The van der Waals surface area contributed by atoms with Crippen LogP contribution in [0.1, 0.15) is 22.9 Å². The number of thiophene rings is 1. The zero-order chi connectivity index (χ0) is 17.6. The minimum atomic E-state index is 0.481. The van der Waals surface area contributed by atoms with E-state index in [4.69, 9.17) is 4.99 Å². The number of hydrogen-bond acceptors (Lipinski definition) is 3. The van der Waals surface area contributed by atoms with E-state index in [9.17, 15) is 0 Å². The molecule has 134 valence electrons. The molecule has 0 spiro atoms. The van der Waals surface area contributed by atoms with E-state index in [2.05, 4.69) is 57.8 Å². The molecule has 1 aliphatic heterocycles. The molecule has 2 heterocycles. The lowest BCUT2D eigenvalue weighted by Crippen LogP contribution is -2.46. The highest BCUT2D eigenvalue weighted by atomic mass is 32.1. The molecule has 1 N–H and O–H groups in total. The third kappa shape index (κ3) is 4.83. The Balaban J connectivity index is 1.54. The number of aliphatic imine (C=N–C) groups is 1. The van der Waals surface area contributed by atoms with Crippen LogP contribution in [0.5, 0.6) is 0 Å². The quantitative estimate of drug-likeness (QED) is 0.659. The van der Waals surface area contributed by atoms with E-state index in [1.165, 1.54) is 17.5 Å². The van der Waals surface area contributed by atoms with Crippen LogP contribution in [-0.2, 0) is 19.5 Å². The summed E-state index contributed by atoms with van der Waals surface area (Å²) in [7, 11) is 4.08. The maximum atomic E-state index is 4.75. The van der Waals surface area contributed by atoms with Gasteiger partial charge in [0, 0.05) is 44.6 Å². The molecule has 0 aliphatic carbocycles. The Labute approximate surface area is 155 Å². The summed E-state index contributed by atoms with van der Waals surface area (Å²) in [6, 6.07) is 13.2. The number of guanidine groups is 1. The Kier molecular flexibility index (Phi) is 6.10. The number of rotatable bonds is 5. The second-order valence-corrected chi connectivity index (χ2v) is 7.84. The molecule has 5 heteroatoms. The standard InChI is InChI=1S/C20H28N4S/c1-16(24-11-9-19-18(15-24)10-12-25-19)13-21-20(23(2)3)22-14-17-7-5-4-6-8-17/h4-8,10,12,16H,9,11,13-15H2,1-3H3,(H,21,22). The van der Waals surface area contributed by atoms with E-state index >= 15 is 0 Å². The average Bonchev–Trinajstić information content (AvgIpc) is 3.09.